The average molecular weight is 433 g/mol. The number of hydrogen-bond acceptors (Lipinski definition) is 6. The van der Waals surface area contributed by atoms with Gasteiger partial charge in [0.1, 0.15) is 0 Å². The quantitative estimate of drug-likeness (QED) is 0.636. The zero-order valence-corrected chi connectivity index (χ0v) is 17.2. The standard InChI is InChI=1S/C19H17ClN4O2S2/c20-12-3-1-4-13(9-12)21-17(25)11-24-7-6-14-16(10-24)28-19(22-14)23-18(26)15-5-2-8-27-15/h1-5,8-9H,6-7,10-11H2,(H,21,25)(H,22,23,26). The number of fused-ring (bicyclic) bond motifs is 1. The number of thiophene rings is 1. The summed E-state index contributed by atoms with van der Waals surface area (Å²) in [6.07, 6.45) is 0.755. The molecule has 0 atom stereocenters. The van der Waals surface area contributed by atoms with Crippen LogP contribution in [0.3, 0.4) is 0 Å². The van der Waals surface area contributed by atoms with Gasteiger partial charge in [0.25, 0.3) is 5.91 Å². The highest BCUT2D eigenvalue weighted by atomic mass is 35.5. The summed E-state index contributed by atoms with van der Waals surface area (Å²) in [6, 6.07) is 10.7. The first-order valence-corrected chi connectivity index (χ1v) is 10.8. The molecule has 0 saturated carbocycles. The lowest BCUT2D eigenvalue weighted by Crippen LogP contribution is -2.36. The molecular weight excluding hydrogens is 416 g/mol. The Morgan fingerprint density at radius 2 is 2.11 bits per heavy atom. The topological polar surface area (TPSA) is 74.3 Å². The van der Waals surface area contributed by atoms with Crippen molar-refractivity contribution in [2.75, 3.05) is 23.7 Å². The number of benzene rings is 1. The number of rotatable bonds is 5. The van der Waals surface area contributed by atoms with Gasteiger partial charge in [-0.2, -0.15) is 0 Å². The molecule has 144 valence electrons. The van der Waals surface area contributed by atoms with Gasteiger partial charge in [-0.3, -0.25) is 19.8 Å². The van der Waals surface area contributed by atoms with Crippen LogP contribution in [0.1, 0.15) is 20.2 Å². The lowest BCUT2D eigenvalue weighted by atomic mass is 10.2. The molecule has 28 heavy (non-hydrogen) atoms. The summed E-state index contributed by atoms with van der Waals surface area (Å²) in [5, 5.41) is 8.79. The number of aromatic nitrogens is 1. The Balaban J connectivity index is 1.35. The van der Waals surface area contributed by atoms with E-state index in [2.05, 4.69) is 20.5 Å². The summed E-state index contributed by atoms with van der Waals surface area (Å²) in [4.78, 5) is 32.9. The number of carbonyl (C=O) groups is 2. The number of hydrogen-bond donors (Lipinski definition) is 2. The summed E-state index contributed by atoms with van der Waals surface area (Å²) in [5.74, 6) is -0.222. The van der Waals surface area contributed by atoms with Crippen molar-refractivity contribution in [2.24, 2.45) is 0 Å². The number of halogens is 1. The molecule has 0 radical (unpaired) electrons. The number of nitrogens with one attached hydrogen (secondary N) is 2. The van der Waals surface area contributed by atoms with Crippen molar-refractivity contribution < 1.29 is 9.59 Å². The lowest BCUT2D eigenvalue weighted by molar-refractivity contribution is -0.117. The average Bonchev–Trinajstić information content (AvgIpc) is 3.30. The molecule has 0 unspecified atom stereocenters. The highest BCUT2D eigenvalue weighted by Crippen LogP contribution is 2.29. The van der Waals surface area contributed by atoms with Crippen LogP contribution in [0.2, 0.25) is 5.02 Å². The molecular formula is C19H17ClN4O2S2. The molecule has 2 N–H and O–H groups in total. The van der Waals surface area contributed by atoms with Crippen LogP contribution in [0.4, 0.5) is 10.8 Å². The Hall–Kier alpha value is -2.26. The van der Waals surface area contributed by atoms with Crippen LogP contribution in [0.15, 0.2) is 41.8 Å². The lowest BCUT2D eigenvalue weighted by Gasteiger charge is -2.25. The van der Waals surface area contributed by atoms with Crippen LogP contribution in [0.5, 0.6) is 0 Å². The van der Waals surface area contributed by atoms with E-state index in [1.54, 1.807) is 24.3 Å². The third-order valence-electron chi connectivity index (χ3n) is 4.25. The molecule has 2 aromatic heterocycles. The van der Waals surface area contributed by atoms with Crippen molar-refractivity contribution in [1.29, 1.82) is 0 Å². The summed E-state index contributed by atoms with van der Waals surface area (Å²) in [6.45, 7) is 1.68. The van der Waals surface area contributed by atoms with Gasteiger partial charge in [0.15, 0.2) is 5.13 Å². The predicted molar refractivity (Wildman–Crippen MR) is 113 cm³/mol. The van der Waals surface area contributed by atoms with E-state index in [0.717, 1.165) is 23.5 Å². The van der Waals surface area contributed by atoms with E-state index in [0.29, 0.717) is 33.8 Å². The molecule has 1 aliphatic rings. The molecule has 0 saturated heterocycles. The maximum Gasteiger partial charge on any atom is 0.267 e. The molecule has 1 aromatic carbocycles. The largest absolute Gasteiger partial charge is 0.325 e. The van der Waals surface area contributed by atoms with E-state index < -0.39 is 0 Å². The van der Waals surface area contributed by atoms with Crippen LogP contribution >= 0.6 is 34.3 Å². The summed E-state index contributed by atoms with van der Waals surface area (Å²) < 4.78 is 0. The second kappa shape index (κ2) is 8.40. The molecule has 2 amide bonds. The Labute approximate surface area is 175 Å². The molecule has 9 heteroatoms. The van der Waals surface area contributed by atoms with E-state index in [1.165, 1.54) is 22.7 Å². The van der Waals surface area contributed by atoms with Crippen molar-refractivity contribution in [2.45, 2.75) is 13.0 Å². The van der Waals surface area contributed by atoms with Crippen molar-refractivity contribution in [3.63, 3.8) is 0 Å². The Kier molecular flexibility index (Phi) is 5.72. The Bertz CT molecular complexity index is 1000. The van der Waals surface area contributed by atoms with E-state index >= 15 is 0 Å². The first kappa shape index (κ1) is 19.1. The van der Waals surface area contributed by atoms with Crippen LogP contribution < -0.4 is 10.6 Å². The van der Waals surface area contributed by atoms with Gasteiger partial charge < -0.3 is 5.32 Å². The van der Waals surface area contributed by atoms with Gasteiger partial charge in [-0.05, 0) is 29.6 Å². The minimum Gasteiger partial charge on any atom is -0.325 e. The minimum atomic E-state index is -0.140. The normalized spacial score (nSPS) is 13.8. The molecule has 0 aliphatic carbocycles. The third-order valence-corrected chi connectivity index (χ3v) is 6.35. The van der Waals surface area contributed by atoms with E-state index in [-0.39, 0.29) is 11.8 Å². The van der Waals surface area contributed by atoms with Gasteiger partial charge in [-0.25, -0.2) is 4.98 Å². The van der Waals surface area contributed by atoms with Gasteiger partial charge in [0.05, 0.1) is 17.1 Å². The number of nitrogens with zero attached hydrogens (tertiary/aromatic N) is 2. The summed E-state index contributed by atoms with van der Waals surface area (Å²) in [5.41, 5.74) is 1.68. The van der Waals surface area contributed by atoms with Crippen molar-refractivity contribution in [3.05, 3.63) is 62.2 Å². The SMILES string of the molecule is O=C(CN1CCc2nc(NC(=O)c3cccs3)sc2C1)Nc1cccc(Cl)c1. The molecule has 0 spiro atoms. The first-order chi connectivity index (χ1) is 13.6. The number of amides is 2. The molecule has 0 bridgehead atoms. The second-order valence-electron chi connectivity index (χ2n) is 6.34. The van der Waals surface area contributed by atoms with Crippen molar-refractivity contribution in [1.82, 2.24) is 9.88 Å². The van der Waals surface area contributed by atoms with Gasteiger partial charge >= 0.3 is 0 Å². The molecule has 4 rings (SSSR count). The molecule has 3 aromatic rings. The van der Waals surface area contributed by atoms with Crippen LogP contribution in [0.25, 0.3) is 0 Å². The summed E-state index contributed by atoms with van der Waals surface area (Å²) in [7, 11) is 0. The van der Waals surface area contributed by atoms with E-state index in [9.17, 15) is 9.59 Å². The summed E-state index contributed by atoms with van der Waals surface area (Å²) >= 11 is 8.82. The van der Waals surface area contributed by atoms with Crippen molar-refractivity contribution in [3.8, 4) is 0 Å². The van der Waals surface area contributed by atoms with E-state index in [1.807, 2.05) is 17.5 Å². The first-order valence-electron chi connectivity index (χ1n) is 8.68. The second-order valence-corrected chi connectivity index (χ2v) is 8.81. The van der Waals surface area contributed by atoms with Crippen molar-refractivity contribution >= 4 is 56.9 Å². The number of anilines is 2. The van der Waals surface area contributed by atoms with Crippen LogP contribution in [-0.2, 0) is 17.8 Å². The van der Waals surface area contributed by atoms with Crippen LogP contribution in [0, 0.1) is 0 Å². The Morgan fingerprint density at radius 3 is 2.89 bits per heavy atom. The maximum atomic E-state index is 12.3. The van der Waals surface area contributed by atoms with Gasteiger partial charge in [-0.15, -0.1) is 22.7 Å². The molecule has 3 heterocycles. The fraction of sp³-hybridized carbons (Fsp3) is 0.211. The Morgan fingerprint density at radius 1 is 1.21 bits per heavy atom. The zero-order valence-electron chi connectivity index (χ0n) is 14.8. The van der Waals surface area contributed by atoms with Crippen LogP contribution in [-0.4, -0.2) is 34.8 Å². The smallest absolute Gasteiger partial charge is 0.267 e. The monoisotopic (exact) mass is 432 g/mol. The highest BCUT2D eigenvalue weighted by molar-refractivity contribution is 7.16. The number of thiazole rings is 1. The van der Waals surface area contributed by atoms with Gasteiger partial charge in [0.2, 0.25) is 5.91 Å². The predicted octanol–water partition coefficient (Wildman–Crippen LogP) is 4.11. The molecule has 0 fully saturated rings. The van der Waals surface area contributed by atoms with Gasteiger partial charge in [-0.1, -0.05) is 23.7 Å². The zero-order chi connectivity index (χ0) is 19.5. The fourth-order valence-electron chi connectivity index (χ4n) is 2.97. The maximum absolute atomic E-state index is 12.3. The third kappa shape index (κ3) is 4.59. The molecule has 6 nitrogen and oxygen atoms in total. The molecule has 1 aliphatic heterocycles. The minimum absolute atomic E-state index is 0.0820. The number of carbonyl (C=O) groups excluding carboxylic acids is 2. The van der Waals surface area contributed by atoms with Gasteiger partial charge in [0, 0.05) is 35.1 Å². The highest BCUT2D eigenvalue weighted by Gasteiger charge is 2.23. The van der Waals surface area contributed by atoms with E-state index in [4.69, 9.17) is 11.6 Å². The fourth-order valence-corrected chi connectivity index (χ4v) is 4.83.